The fourth-order valence-electron chi connectivity index (χ4n) is 2.73. The molecule has 0 bridgehead atoms. The zero-order valence-corrected chi connectivity index (χ0v) is 18.1. The van der Waals surface area contributed by atoms with Crippen molar-refractivity contribution in [2.75, 3.05) is 22.4 Å². The molecule has 0 aromatic heterocycles. The van der Waals surface area contributed by atoms with Gasteiger partial charge in [0.05, 0.1) is 23.2 Å². The Morgan fingerprint density at radius 1 is 1.03 bits per heavy atom. The number of para-hydroxylation sites is 1. The van der Waals surface area contributed by atoms with Gasteiger partial charge in [0.1, 0.15) is 6.54 Å². The van der Waals surface area contributed by atoms with E-state index in [-0.39, 0.29) is 11.9 Å². The highest BCUT2D eigenvalue weighted by Crippen LogP contribution is 2.22. The van der Waals surface area contributed by atoms with Crippen molar-refractivity contribution in [3.05, 3.63) is 59.2 Å². The van der Waals surface area contributed by atoms with Crippen LogP contribution in [0, 0.1) is 13.8 Å². The average molecular weight is 418 g/mol. The van der Waals surface area contributed by atoms with E-state index in [0.717, 1.165) is 21.7 Å². The second-order valence-electron chi connectivity index (χ2n) is 7.26. The second-order valence-corrected chi connectivity index (χ2v) is 9.17. The van der Waals surface area contributed by atoms with Crippen LogP contribution < -0.4 is 14.9 Å². The Balaban J connectivity index is 2.26. The molecule has 0 unspecified atom stereocenters. The summed E-state index contributed by atoms with van der Waals surface area (Å²) < 4.78 is 25.6. The molecule has 0 saturated carbocycles. The van der Waals surface area contributed by atoms with Crippen molar-refractivity contribution < 1.29 is 18.0 Å². The molecule has 0 atom stereocenters. The van der Waals surface area contributed by atoms with E-state index < -0.39 is 22.5 Å². The number of nitrogens with zero attached hydrogens (tertiary/aromatic N) is 1. The lowest BCUT2D eigenvalue weighted by molar-refractivity contribution is -0.114. The highest BCUT2D eigenvalue weighted by molar-refractivity contribution is 7.92. The van der Waals surface area contributed by atoms with E-state index in [4.69, 9.17) is 0 Å². The maximum absolute atomic E-state index is 12.6. The maximum atomic E-state index is 12.6. The van der Waals surface area contributed by atoms with E-state index in [1.807, 2.05) is 33.8 Å². The first-order valence-corrected chi connectivity index (χ1v) is 11.1. The van der Waals surface area contributed by atoms with Crippen molar-refractivity contribution in [2.24, 2.45) is 0 Å². The summed E-state index contributed by atoms with van der Waals surface area (Å²) in [5, 5.41) is 5.44. The van der Waals surface area contributed by atoms with Crippen molar-refractivity contribution in [1.29, 1.82) is 0 Å². The molecule has 0 aliphatic heterocycles. The number of carbonyl (C=O) groups excluding carboxylic acids is 2. The lowest BCUT2D eigenvalue weighted by Crippen LogP contribution is -2.38. The zero-order chi connectivity index (χ0) is 21.8. The van der Waals surface area contributed by atoms with Gasteiger partial charge in [-0.15, -0.1) is 0 Å². The third kappa shape index (κ3) is 6.05. The Morgan fingerprint density at radius 3 is 2.28 bits per heavy atom. The molecular weight excluding hydrogens is 390 g/mol. The van der Waals surface area contributed by atoms with E-state index in [2.05, 4.69) is 10.6 Å². The minimum absolute atomic E-state index is 0.0586. The summed E-state index contributed by atoms with van der Waals surface area (Å²) in [6, 6.07) is 11.7. The number of hydrogen-bond acceptors (Lipinski definition) is 4. The topological polar surface area (TPSA) is 95.6 Å². The molecule has 0 spiro atoms. The van der Waals surface area contributed by atoms with Gasteiger partial charge in [-0.25, -0.2) is 8.42 Å². The van der Waals surface area contributed by atoms with E-state index in [0.29, 0.717) is 16.9 Å². The van der Waals surface area contributed by atoms with Crippen LogP contribution in [0.4, 0.5) is 11.4 Å². The van der Waals surface area contributed by atoms with Gasteiger partial charge in [0, 0.05) is 6.04 Å². The molecule has 0 radical (unpaired) electrons. The largest absolute Gasteiger partial charge is 0.350 e. The summed E-state index contributed by atoms with van der Waals surface area (Å²) in [6.45, 7) is 7.08. The molecule has 0 heterocycles. The van der Waals surface area contributed by atoms with Crippen LogP contribution >= 0.6 is 0 Å². The van der Waals surface area contributed by atoms with Crippen LogP contribution in [0.2, 0.25) is 0 Å². The highest BCUT2D eigenvalue weighted by Gasteiger charge is 2.22. The van der Waals surface area contributed by atoms with E-state index in [9.17, 15) is 18.0 Å². The van der Waals surface area contributed by atoms with Gasteiger partial charge in [-0.3, -0.25) is 13.9 Å². The van der Waals surface area contributed by atoms with Gasteiger partial charge < -0.3 is 10.6 Å². The summed E-state index contributed by atoms with van der Waals surface area (Å²) in [4.78, 5) is 25.0. The van der Waals surface area contributed by atoms with Crippen LogP contribution in [0.15, 0.2) is 42.5 Å². The maximum Gasteiger partial charge on any atom is 0.253 e. The number of aryl methyl sites for hydroxylation is 2. The van der Waals surface area contributed by atoms with E-state index in [1.54, 1.807) is 36.4 Å². The summed E-state index contributed by atoms with van der Waals surface area (Å²) in [5.41, 5.74) is 3.00. The van der Waals surface area contributed by atoms with Gasteiger partial charge in [0.25, 0.3) is 5.91 Å². The molecule has 0 aliphatic rings. The molecular formula is C21H27N3O4S. The fraction of sp³-hybridized carbons (Fsp3) is 0.333. The number of hydrogen-bond donors (Lipinski definition) is 2. The van der Waals surface area contributed by atoms with Crippen LogP contribution in [0.5, 0.6) is 0 Å². The third-order valence-corrected chi connectivity index (χ3v) is 5.47. The summed E-state index contributed by atoms with van der Waals surface area (Å²) in [7, 11) is -3.68. The van der Waals surface area contributed by atoms with E-state index in [1.165, 1.54) is 0 Å². The molecule has 2 amide bonds. The lowest BCUT2D eigenvalue weighted by Gasteiger charge is -2.23. The van der Waals surface area contributed by atoms with Crippen molar-refractivity contribution in [1.82, 2.24) is 5.32 Å². The SMILES string of the molecule is Cc1ccc(N(CC(=O)Nc2ccccc2C(=O)NC(C)C)S(C)(=O)=O)cc1C. The predicted octanol–water partition coefficient (Wildman–Crippen LogP) is 2.85. The molecule has 2 aromatic rings. The minimum atomic E-state index is -3.68. The number of carbonyl (C=O) groups is 2. The molecule has 0 saturated heterocycles. The Bertz CT molecular complexity index is 1020. The predicted molar refractivity (Wildman–Crippen MR) is 116 cm³/mol. The molecule has 2 aromatic carbocycles. The molecule has 29 heavy (non-hydrogen) atoms. The average Bonchev–Trinajstić information content (AvgIpc) is 2.61. The van der Waals surface area contributed by atoms with Gasteiger partial charge in [-0.2, -0.15) is 0 Å². The smallest absolute Gasteiger partial charge is 0.253 e. The van der Waals surface area contributed by atoms with Crippen molar-refractivity contribution in [3.63, 3.8) is 0 Å². The van der Waals surface area contributed by atoms with Crippen LogP contribution in [0.3, 0.4) is 0 Å². The van der Waals surface area contributed by atoms with Gasteiger partial charge in [0.15, 0.2) is 0 Å². The van der Waals surface area contributed by atoms with E-state index >= 15 is 0 Å². The second kappa shape index (κ2) is 9.09. The van der Waals surface area contributed by atoms with Crippen molar-refractivity contribution in [2.45, 2.75) is 33.7 Å². The molecule has 2 N–H and O–H groups in total. The number of amides is 2. The monoisotopic (exact) mass is 417 g/mol. The number of sulfonamides is 1. The third-order valence-electron chi connectivity index (χ3n) is 4.33. The number of benzene rings is 2. The van der Waals surface area contributed by atoms with Crippen LogP contribution in [0.1, 0.15) is 35.3 Å². The molecule has 2 rings (SSSR count). The molecule has 0 aliphatic carbocycles. The number of rotatable bonds is 7. The van der Waals surface area contributed by atoms with Crippen LogP contribution in [-0.2, 0) is 14.8 Å². The van der Waals surface area contributed by atoms with Gasteiger partial charge in [0.2, 0.25) is 15.9 Å². The quantitative estimate of drug-likeness (QED) is 0.724. The first-order chi connectivity index (χ1) is 13.5. The Hall–Kier alpha value is -2.87. The lowest BCUT2D eigenvalue weighted by atomic mass is 10.1. The first-order valence-electron chi connectivity index (χ1n) is 9.23. The van der Waals surface area contributed by atoms with Gasteiger partial charge in [-0.1, -0.05) is 18.2 Å². The molecule has 7 nitrogen and oxygen atoms in total. The summed E-state index contributed by atoms with van der Waals surface area (Å²) in [6.07, 6.45) is 1.06. The molecule has 0 fully saturated rings. The normalized spacial score (nSPS) is 11.2. The van der Waals surface area contributed by atoms with Crippen LogP contribution in [-0.4, -0.2) is 39.1 Å². The van der Waals surface area contributed by atoms with Crippen molar-refractivity contribution in [3.8, 4) is 0 Å². The number of nitrogens with one attached hydrogen (secondary N) is 2. The fourth-order valence-corrected chi connectivity index (χ4v) is 3.58. The Labute approximate surface area is 172 Å². The molecule has 8 heteroatoms. The van der Waals surface area contributed by atoms with Crippen molar-refractivity contribution >= 4 is 33.2 Å². The first kappa shape index (κ1) is 22.4. The highest BCUT2D eigenvalue weighted by atomic mass is 32.2. The number of anilines is 2. The standard InChI is InChI=1S/C21H27N3O4S/c1-14(2)22-21(26)18-8-6-7-9-19(18)23-20(25)13-24(29(5,27)28)17-11-10-15(3)16(4)12-17/h6-12,14H,13H2,1-5H3,(H,22,26)(H,23,25). The Morgan fingerprint density at radius 2 is 1.69 bits per heavy atom. The van der Waals surface area contributed by atoms with Crippen LogP contribution in [0.25, 0.3) is 0 Å². The molecule has 156 valence electrons. The summed E-state index contributed by atoms with van der Waals surface area (Å²) in [5.74, 6) is -0.858. The van der Waals surface area contributed by atoms with Gasteiger partial charge >= 0.3 is 0 Å². The summed E-state index contributed by atoms with van der Waals surface area (Å²) >= 11 is 0. The minimum Gasteiger partial charge on any atom is -0.350 e. The zero-order valence-electron chi connectivity index (χ0n) is 17.3. The Kier molecular flexibility index (Phi) is 7.02. The van der Waals surface area contributed by atoms with Gasteiger partial charge in [-0.05, 0) is 63.1 Å².